The van der Waals surface area contributed by atoms with Gasteiger partial charge in [0.15, 0.2) is 0 Å². The van der Waals surface area contributed by atoms with Gasteiger partial charge in [0.25, 0.3) is 5.91 Å². The lowest BCUT2D eigenvalue weighted by Crippen LogP contribution is -2.39. The number of carbonyl (C=O) groups excluding carboxylic acids is 1. The van der Waals surface area contributed by atoms with Gasteiger partial charge in [-0.05, 0) is 12.0 Å². The van der Waals surface area contributed by atoms with Crippen LogP contribution in [0.25, 0.3) is 0 Å². The summed E-state index contributed by atoms with van der Waals surface area (Å²) in [5, 5.41) is 13.8. The van der Waals surface area contributed by atoms with Crippen LogP contribution in [0.15, 0.2) is 41.2 Å². The number of hydrogen-bond acceptors (Lipinski definition) is 4. The number of thiazole rings is 1. The van der Waals surface area contributed by atoms with Gasteiger partial charge in [0.2, 0.25) is 0 Å². The molecule has 1 heterocycles. The summed E-state index contributed by atoms with van der Waals surface area (Å²) in [5.74, 6) is -0.244. The van der Waals surface area contributed by atoms with Crippen molar-refractivity contribution in [3.05, 3.63) is 52.5 Å². The van der Waals surface area contributed by atoms with Crippen molar-refractivity contribution in [3.8, 4) is 0 Å². The summed E-state index contributed by atoms with van der Waals surface area (Å²) in [6.07, 6.45) is 0.604. The zero-order chi connectivity index (χ0) is 12.8. The summed E-state index contributed by atoms with van der Waals surface area (Å²) in [7, 11) is 0. The SMILES string of the molecule is O=C(N[C@H](CO)Cc1ccccc1)c1cscn1. The Hall–Kier alpha value is -1.72. The fraction of sp³-hybridized carbons (Fsp3) is 0.231. The van der Waals surface area contributed by atoms with Crippen LogP contribution in [0.5, 0.6) is 0 Å². The number of carbonyl (C=O) groups is 1. The Bertz CT molecular complexity index is 485. The number of amides is 1. The third-order valence-electron chi connectivity index (χ3n) is 2.55. The third-order valence-corrected chi connectivity index (χ3v) is 3.13. The van der Waals surface area contributed by atoms with Crippen LogP contribution in [0.1, 0.15) is 16.1 Å². The molecule has 0 aliphatic heterocycles. The van der Waals surface area contributed by atoms with E-state index in [2.05, 4.69) is 10.3 Å². The Morgan fingerprint density at radius 3 is 2.78 bits per heavy atom. The standard InChI is InChI=1S/C13H14N2O2S/c16-7-11(6-10-4-2-1-3-5-10)15-13(17)12-8-18-9-14-12/h1-5,8-9,11,16H,6-7H2,(H,15,17)/t11-/m0/s1. The van der Waals surface area contributed by atoms with E-state index in [0.717, 1.165) is 5.56 Å². The predicted octanol–water partition coefficient (Wildman–Crippen LogP) is 1.48. The minimum atomic E-state index is -0.290. The van der Waals surface area contributed by atoms with Gasteiger partial charge in [-0.15, -0.1) is 11.3 Å². The zero-order valence-corrected chi connectivity index (χ0v) is 10.6. The molecule has 0 unspecified atom stereocenters. The molecule has 0 saturated heterocycles. The first-order valence-corrected chi connectivity index (χ1v) is 6.57. The maximum Gasteiger partial charge on any atom is 0.271 e. The molecule has 0 spiro atoms. The second kappa shape index (κ2) is 6.28. The van der Waals surface area contributed by atoms with Crippen molar-refractivity contribution in [3.63, 3.8) is 0 Å². The largest absolute Gasteiger partial charge is 0.394 e. The highest BCUT2D eigenvalue weighted by Gasteiger charge is 2.14. The molecule has 0 fully saturated rings. The zero-order valence-electron chi connectivity index (χ0n) is 9.74. The van der Waals surface area contributed by atoms with E-state index in [9.17, 15) is 9.90 Å². The fourth-order valence-electron chi connectivity index (χ4n) is 1.64. The normalized spacial score (nSPS) is 12.1. The van der Waals surface area contributed by atoms with Gasteiger partial charge in [-0.2, -0.15) is 0 Å². The van der Waals surface area contributed by atoms with Crippen molar-refractivity contribution in [1.82, 2.24) is 10.3 Å². The average molecular weight is 262 g/mol. The highest BCUT2D eigenvalue weighted by Crippen LogP contribution is 2.05. The molecule has 0 bridgehead atoms. The number of aliphatic hydroxyl groups is 1. The van der Waals surface area contributed by atoms with Gasteiger partial charge in [0.05, 0.1) is 18.2 Å². The fourth-order valence-corrected chi connectivity index (χ4v) is 2.18. The van der Waals surface area contributed by atoms with Gasteiger partial charge < -0.3 is 10.4 Å². The van der Waals surface area contributed by atoms with Crippen molar-refractivity contribution in [2.24, 2.45) is 0 Å². The molecular weight excluding hydrogens is 248 g/mol. The Morgan fingerprint density at radius 1 is 1.39 bits per heavy atom. The van der Waals surface area contributed by atoms with Crippen molar-refractivity contribution in [1.29, 1.82) is 0 Å². The molecule has 1 amide bonds. The van der Waals surface area contributed by atoms with Crippen LogP contribution in [0.3, 0.4) is 0 Å². The van der Waals surface area contributed by atoms with E-state index in [1.165, 1.54) is 11.3 Å². The van der Waals surface area contributed by atoms with Gasteiger partial charge >= 0.3 is 0 Å². The molecule has 18 heavy (non-hydrogen) atoms. The predicted molar refractivity (Wildman–Crippen MR) is 70.6 cm³/mol. The molecule has 1 aromatic carbocycles. The van der Waals surface area contributed by atoms with Crippen LogP contribution in [-0.2, 0) is 6.42 Å². The Morgan fingerprint density at radius 2 is 2.17 bits per heavy atom. The molecule has 2 aromatic rings. The van der Waals surface area contributed by atoms with Crippen LogP contribution in [0.2, 0.25) is 0 Å². The molecular formula is C13H14N2O2S. The van der Waals surface area contributed by atoms with E-state index in [0.29, 0.717) is 12.1 Å². The Labute approximate surface area is 109 Å². The number of benzene rings is 1. The smallest absolute Gasteiger partial charge is 0.271 e. The van der Waals surface area contributed by atoms with Crippen LogP contribution < -0.4 is 5.32 Å². The van der Waals surface area contributed by atoms with Gasteiger partial charge in [0, 0.05) is 5.38 Å². The number of nitrogens with one attached hydrogen (secondary N) is 1. The number of hydrogen-bond donors (Lipinski definition) is 2. The first-order chi connectivity index (χ1) is 8.79. The molecule has 2 N–H and O–H groups in total. The monoisotopic (exact) mass is 262 g/mol. The minimum absolute atomic E-state index is 0.0925. The molecule has 0 aliphatic rings. The molecule has 0 aliphatic carbocycles. The lowest BCUT2D eigenvalue weighted by molar-refractivity contribution is 0.0912. The highest BCUT2D eigenvalue weighted by atomic mass is 32.1. The summed E-state index contributed by atoms with van der Waals surface area (Å²) >= 11 is 1.37. The van der Waals surface area contributed by atoms with E-state index >= 15 is 0 Å². The summed E-state index contributed by atoms with van der Waals surface area (Å²) in [6, 6.07) is 9.46. The van der Waals surface area contributed by atoms with Crippen LogP contribution in [0.4, 0.5) is 0 Å². The number of aromatic nitrogens is 1. The van der Waals surface area contributed by atoms with Gasteiger partial charge in [-0.25, -0.2) is 4.98 Å². The molecule has 1 atom stereocenters. The van der Waals surface area contributed by atoms with E-state index in [1.54, 1.807) is 10.9 Å². The molecule has 5 heteroatoms. The van der Waals surface area contributed by atoms with Gasteiger partial charge in [-0.3, -0.25) is 4.79 Å². The molecule has 94 valence electrons. The number of aliphatic hydroxyl groups excluding tert-OH is 1. The number of rotatable bonds is 5. The van der Waals surface area contributed by atoms with Gasteiger partial charge in [0.1, 0.15) is 5.69 Å². The molecule has 2 rings (SSSR count). The van der Waals surface area contributed by atoms with Crippen LogP contribution >= 0.6 is 11.3 Å². The van der Waals surface area contributed by atoms with Crippen LogP contribution in [-0.4, -0.2) is 28.6 Å². The first kappa shape index (κ1) is 12.7. The van der Waals surface area contributed by atoms with Crippen molar-refractivity contribution >= 4 is 17.2 Å². The van der Waals surface area contributed by atoms with Crippen molar-refractivity contribution in [2.45, 2.75) is 12.5 Å². The quantitative estimate of drug-likeness (QED) is 0.858. The average Bonchev–Trinajstić information content (AvgIpc) is 2.93. The summed E-state index contributed by atoms with van der Waals surface area (Å²) in [6.45, 7) is -0.0925. The Balaban J connectivity index is 1.96. The molecule has 0 saturated carbocycles. The van der Waals surface area contributed by atoms with Crippen molar-refractivity contribution < 1.29 is 9.90 Å². The molecule has 1 aromatic heterocycles. The molecule has 0 radical (unpaired) electrons. The van der Waals surface area contributed by atoms with E-state index in [-0.39, 0.29) is 18.6 Å². The van der Waals surface area contributed by atoms with Crippen molar-refractivity contribution in [2.75, 3.05) is 6.61 Å². The van der Waals surface area contributed by atoms with Crippen LogP contribution in [0, 0.1) is 0 Å². The Kier molecular flexibility index (Phi) is 4.44. The van der Waals surface area contributed by atoms with E-state index < -0.39 is 0 Å². The van der Waals surface area contributed by atoms with Gasteiger partial charge in [-0.1, -0.05) is 30.3 Å². The summed E-state index contributed by atoms with van der Waals surface area (Å²) in [4.78, 5) is 15.7. The third kappa shape index (κ3) is 3.38. The topological polar surface area (TPSA) is 62.2 Å². The maximum absolute atomic E-state index is 11.8. The highest BCUT2D eigenvalue weighted by molar-refractivity contribution is 7.07. The lowest BCUT2D eigenvalue weighted by Gasteiger charge is -2.15. The first-order valence-electron chi connectivity index (χ1n) is 5.63. The van der Waals surface area contributed by atoms with E-state index in [4.69, 9.17) is 0 Å². The summed E-state index contributed by atoms with van der Waals surface area (Å²) in [5.41, 5.74) is 3.08. The lowest BCUT2D eigenvalue weighted by atomic mass is 10.1. The minimum Gasteiger partial charge on any atom is -0.394 e. The second-order valence-corrected chi connectivity index (χ2v) is 4.64. The number of nitrogens with zero attached hydrogens (tertiary/aromatic N) is 1. The maximum atomic E-state index is 11.8. The molecule has 4 nitrogen and oxygen atoms in total. The second-order valence-electron chi connectivity index (χ2n) is 3.92. The van der Waals surface area contributed by atoms with E-state index in [1.807, 2.05) is 30.3 Å². The summed E-state index contributed by atoms with van der Waals surface area (Å²) < 4.78 is 0.